The quantitative estimate of drug-likeness (QED) is 0.813. The number of aliphatic hydroxyl groups is 1. The third-order valence-corrected chi connectivity index (χ3v) is 5.12. The highest BCUT2D eigenvalue weighted by atomic mass is 16.3. The molecular weight excluding hydrogens is 276 g/mol. The maximum Gasteiger partial charge on any atom is 0.251 e. The Kier molecular flexibility index (Phi) is 4.87. The molecule has 1 fully saturated rings. The number of benzene rings is 1. The average molecular weight is 300 g/mol. The lowest BCUT2D eigenvalue weighted by atomic mass is 9.83. The molecule has 4 heteroatoms. The van der Waals surface area contributed by atoms with Crippen LogP contribution in [0.1, 0.15) is 55.5 Å². The first kappa shape index (κ1) is 16.5. The Balaban J connectivity index is 2.00. The summed E-state index contributed by atoms with van der Waals surface area (Å²) in [5.74, 6) is -0.131. The first-order valence-corrected chi connectivity index (χ1v) is 7.95. The van der Waals surface area contributed by atoms with Gasteiger partial charge >= 0.3 is 0 Å². The van der Waals surface area contributed by atoms with E-state index >= 15 is 0 Å². The number of amides is 1. The van der Waals surface area contributed by atoms with Crippen molar-refractivity contribution in [3.8, 4) is 6.07 Å². The highest BCUT2D eigenvalue weighted by Crippen LogP contribution is 2.47. The predicted molar refractivity (Wildman–Crippen MR) is 85.4 cm³/mol. The van der Waals surface area contributed by atoms with Gasteiger partial charge in [0.25, 0.3) is 5.91 Å². The Morgan fingerprint density at radius 1 is 1.32 bits per heavy atom. The van der Waals surface area contributed by atoms with Crippen molar-refractivity contribution in [2.45, 2.75) is 44.9 Å². The fraction of sp³-hybridized carbons (Fsp3) is 0.556. The van der Waals surface area contributed by atoms with Crippen molar-refractivity contribution in [3.63, 3.8) is 0 Å². The van der Waals surface area contributed by atoms with Gasteiger partial charge in [0.2, 0.25) is 0 Å². The summed E-state index contributed by atoms with van der Waals surface area (Å²) < 4.78 is 0. The van der Waals surface area contributed by atoms with Gasteiger partial charge < -0.3 is 10.4 Å². The first-order valence-electron chi connectivity index (χ1n) is 7.95. The number of nitrogens with one attached hydrogen (secondary N) is 1. The zero-order valence-electron chi connectivity index (χ0n) is 13.4. The van der Waals surface area contributed by atoms with E-state index < -0.39 is 0 Å². The van der Waals surface area contributed by atoms with Gasteiger partial charge in [-0.1, -0.05) is 26.0 Å². The summed E-state index contributed by atoms with van der Waals surface area (Å²) in [7, 11) is 0. The lowest BCUT2D eigenvalue weighted by Gasteiger charge is -2.29. The van der Waals surface area contributed by atoms with Gasteiger partial charge in [0.05, 0.1) is 18.1 Å². The largest absolute Gasteiger partial charge is 0.396 e. The van der Waals surface area contributed by atoms with Crippen LogP contribution in [0.15, 0.2) is 24.3 Å². The van der Waals surface area contributed by atoms with E-state index in [1.807, 2.05) is 26.0 Å². The summed E-state index contributed by atoms with van der Waals surface area (Å²) in [6.07, 6.45) is 3.45. The van der Waals surface area contributed by atoms with Crippen LogP contribution in [-0.4, -0.2) is 24.2 Å². The topological polar surface area (TPSA) is 73.1 Å². The number of nitrogens with zero attached hydrogens (tertiary/aromatic N) is 1. The van der Waals surface area contributed by atoms with Crippen molar-refractivity contribution in [1.82, 2.24) is 5.32 Å². The van der Waals surface area contributed by atoms with Gasteiger partial charge in [-0.2, -0.15) is 5.26 Å². The molecule has 22 heavy (non-hydrogen) atoms. The molecule has 1 aromatic carbocycles. The number of carbonyl (C=O) groups excluding carboxylic acids is 1. The molecule has 4 nitrogen and oxygen atoms in total. The fourth-order valence-electron chi connectivity index (χ4n) is 2.68. The van der Waals surface area contributed by atoms with Gasteiger partial charge in [-0.05, 0) is 43.4 Å². The van der Waals surface area contributed by atoms with Crippen LogP contribution in [0.4, 0.5) is 0 Å². The number of nitriles is 1. The molecule has 0 bridgehead atoms. The Morgan fingerprint density at radius 2 is 1.91 bits per heavy atom. The molecule has 1 aliphatic carbocycles. The van der Waals surface area contributed by atoms with E-state index in [-0.39, 0.29) is 23.3 Å². The van der Waals surface area contributed by atoms with Gasteiger partial charge in [0, 0.05) is 17.5 Å². The van der Waals surface area contributed by atoms with Crippen molar-refractivity contribution in [2.75, 3.05) is 13.2 Å². The highest BCUT2D eigenvalue weighted by Gasteiger charge is 2.44. The summed E-state index contributed by atoms with van der Waals surface area (Å²) in [5.41, 5.74) is 1.04. The summed E-state index contributed by atoms with van der Waals surface area (Å²) in [6.45, 7) is 4.60. The van der Waals surface area contributed by atoms with Crippen LogP contribution in [0.3, 0.4) is 0 Å². The van der Waals surface area contributed by atoms with Crippen molar-refractivity contribution in [2.24, 2.45) is 5.41 Å². The van der Waals surface area contributed by atoms with Gasteiger partial charge in [-0.15, -0.1) is 0 Å². The number of rotatable bonds is 7. The van der Waals surface area contributed by atoms with Crippen LogP contribution >= 0.6 is 0 Å². The standard InChI is InChI=1S/C18H24N2O2/c1-3-17(4-2,13-21)12-20-16(22)14-5-7-15(8-6-14)18(11-19)9-10-18/h5-8,21H,3-4,9-10,12-13H2,1-2H3,(H,20,22). The van der Waals surface area contributed by atoms with Crippen molar-refractivity contribution < 1.29 is 9.90 Å². The molecule has 0 unspecified atom stereocenters. The van der Waals surface area contributed by atoms with Gasteiger partial charge in [-0.3, -0.25) is 4.79 Å². The minimum Gasteiger partial charge on any atom is -0.396 e. The van der Waals surface area contributed by atoms with Crippen LogP contribution in [0, 0.1) is 16.7 Å². The average Bonchev–Trinajstić information content (AvgIpc) is 3.38. The molecule has 1 saturated carbocycles. The van der Waals surface area contributed by atoms with Crippen LogP contribution in [-0.2, 0) is 5.41 Å². The zero-order chi connectivity index (χ0) is 16.2. The van der Waals surface area contributed by atoms with E-state index in [1.165, 1.54) is 0 Å². The summed E-state index contributed by atoms with van der Waals surface area (Å²) >= 11 is 0. The SMILES string of the molecule is CCC(CC)(CO)CNC(=O)c1ccc(C2(C#N)CC2)cc1. The van der Waals surface area contributed by atoms with Gasteiger partial charge in [0.1, 0.15) is 0 Å². The van der Waals surface area contributed by atoms with E-state index in [2.05, 4.69) is 11.4 Å². The molecule has 0 aromatic heterocycles. The van der Waals surface area contributed by atoms with Crippen molar-refractivity contribution in [1.29, 1.82) is 5.26 Å². The Bertz CT molecular complexity index is 555. The van der Waals surface area contributed by atoms with Gasteiger partial charge in [-0.25, -0.2) is 0 Å². The van der Waals surface area contributed by atoms with E-state index in [9.17, 15) is 15.2 Å². The molecule has 1 aromatic rings. The molecule has 118 valence electrons. The van der Waals surface area contributed by atoms with E-state index in [0.29, 0.717) is 12.1 Å². The molecule has 1 amide bonds. The summed E-state index contributed by atoms with van der Waals surface area (Å²) in [6, 6.07) is 9.67. The van der Waals surface area contributed by atoms with Crippen LogP contribution in [0.25, 0.3) is 0 Å². The van der Waals surface area contributed by atoms with Crippen LogP contribution < -0.4 is 5.32 Å². The van der Waals surface area contributed by atoms with Crippen LogP contribution in [0.2, 0.25) is 0 Å². The maximum absolute atomic E-state index is 12.2. The first-order chi connectivity index (χ1) is 10.5. The lowest BCUT2D eigenvalue weighted by Crippen LogP contribution is -2.39. The second kappa shape index (κ2) is 6.50. The molecule has 0 spiro atoms. The second-order valence-electron chi connectivity index (χ2n) is 6.32. The number of carbonyl (C=O) groups is 1. The number of hydrogen-bond donors (Lipinski definition) is 2. The minimum absolute atomic E-state index is 0.0733. The third-order valence-electron chi connectivity index (χ3n) is 5.12. The van der Waals surface area contributed by atoms with Crippen molar-refractivity contribution in [3.05, 3.63) is 35.4 Å². The minimum atomic E-state index is -0.314. The van der Waals surface area contributed by atoms with Crippen LogP contribution in [0.5, 0.6) is 0 Å². The number of aliphatic hydroxyl groups excluding tert-OH is 1. The molecular formula is C18H24N2O2. The monoisotopic (exact) mass is 300 g/mol. The molecule has 0 atom stereocenters. The zero-order valence-corrected chi connectivity index (χ0v) is 13.4. The molecule has 0 saturated heterocycles. The van der Waals surface area contributed by atoms with E-state index in [1.54, 1.807) is 12.1 Å². The smallest absolute Gasteiger partial charge is 0.251 e. The lowest BCUT2D eigenvalue weighted by molar-refractivity contribution is 0.0851. The summed E-state index contributed by atoms with van der Waals surface area (Å²) in [5, 5.41) is 21.6. The maximum atomic E-state index is 12.2. The summed E-state index contributed by atoms with van der Waals surface area (Å²) in [4.78, 5) is 12.2. The molecule has 0 aliphatic heterocycles. The number of hydrogen-bond acceptors (Lipinski definition) is 3. The highest BCUT2D eigenvalue weighted by molar-refractivity contribution is 5.94. The molecule has 2 N–H and O–H groups in total. The molecule has 0 heterocycles. The van der Waals surface area contributed by atoms with Gasteiger partial charge in [0.15, 0.2) is 0 Å². The third kappa shape index (κ3) is 3.15. The Labute approximate surface area is 132 Å². The van der Waals surface area contributed by atoms with Crippen molar-refractivity contribution >= 4 is 5.91 Å². The molecule has 2 rings (SSSR count). The molecule has 1 aliphatic rings. The van der Waals surface area contributed by atoms with E-state index in [4.69, 9.17) is 0 Å². The molecule has 0 radical (unpaired) electrons. The Hall–Kier alpha value is -1.86. The Morgan fingerprint density at radius 3 is 2.32 bits per heavy atom. The van der Waals surface area contributed by atoms with E-state index in [0.717, 1.165) is 31.2 Å². The predicted octanol–water partition coefficient (Wildman–Crippen LogP) is 2.77. The second-order valence-corrected chi connectivity index (χ2v) is 6.32. The fourth-order valence-corrected chi connectivity index (χ4v) is 2.68. The normalized spacial score (nSPS) is 15.9.